The second-order valence-electron chi connectivity index (χ2n) is 4.41. The fourth-order valence-corrected chi connectivity index (χ4v) is 2.11. The van der Waals surface area contributed by atoms with Gasteiger partial charge >= 0.3 is 0 Å². The molecular formula is C15H15FN2O2S. The lowest BCUT2D eigenvalue weighted by molar-refractivity contribution is 0.297. The first-order valence-electron chi connectivity index (χ1n) is 6.24. The molecule has 21 heavy (non-hydrogen) atoms. The number of aryl methyl sites for hydroxylation is 1. The summed E-state index contributed by atoms with van der Waals surface area (Å²) < 4.78 is 24.5. The lowest BCUT2D eigenvalue weighted by Crippen LogP contribution is -2.14. The molecule has 0 atom stereocenters. The number of halogens is 1. The van der Waals surface area contributed by atoms with E-state index in [2.05, 4.69) is 4.98 Å². The lowest BCUT2D eigenvalue weighted by Gasteiger charge is -2.12. The minimum atomic E-state index is -0.505. The Morgan fingerprint density at radius 2 is 2.14 bits per heavy atom. The summed E-state index contributed by atoms with van der Waals surface area (Å²) >= 11 is 4.85. The molecule has 0 saturated carbocycles. The quantitative estimate of drug-likeness (QED) is 0.861. The normalized spacial score (nSPS) is 10.2. The first-order chi connectivity index (χ1) is 10.0. The largest absolute Gasteiger partial charge is 0.497 e. The first-order valence-corrected chi connectivity index (χ1v) is 6.64. The molecular weight excluding hydrogens is 291 g/mol. The van der Waals surface area contributed by atoms with E-state index in [9.17, 15) is 4.39 Å². The van der Waals surface area contributed by atoms with Gasteiger partial charge < -0.3 is 15.2 Å². The zero-order chi connectivity index (χ0) is 15.4. The van der Waals surface area contributed by atoms with Gasteiger partial charge in [0.05, 0.1) is 18.4 Å². The molecule has 0 unspecified atom stereocenters. The molecule has 4 nitrogen and oxygen atoms in total. The van der Waals surface area contributed by atoms with E-state index in [-0.39, 0.29) is 17.2 Å². The van der Waals surface area contributed by atoms with Gasteiger partial charge in [-0.3, -0.25) is 4.98 Å². The molecule has 0 bridgehead atoms. The molecule has 2 rings (SSSR count). The number of pyridine rings is 1. The summed E-state index contributed by atoms with van der Waals surface area (Å²) in [7, 11) is 1.58. The third-order valence-corrected chi connectivity index (χ3v) is 3.02. The van der Waals surface area contributed by atoms with Gasteiger partial charge in [0.2, 0.25) is 0 Å². The van der Waals surface area contributed by atoms with Crippen LogP contribution in [0.2, 0.25) is 0 Å². The maximum atomic E-state index is 13.7. The summed E-state index contributed by atoms with van der Waals surface area (Å²) in [5.41, 5.74) is 7.11. The number of rotatable bonds is 5. The van der Waals surface area contributed by atoms with E-state index in [4.69, 9.17) is 27.4 Å². The average Bonchev–Trinajstić information content (AvgIpc) is 2.44. The van der Waals surface area contributed by atoms with Gasteiger partial charge in [-0.15, -0.1) is 0 Å². The third-order valence-electron chi connectivity index (χ3n) is 2.81. The highest BCUT2D eigenvalue weighted by Crippen LogP contribution is 2.23. The van der Waals surface area contributed by atoms with Crippen molar-refractivity contribution in [2.24, 2.45) is 5.73 Å². The standard InChI is InChI=1S/C15H15FN2O2S/c1-9-6-11(19-2)7-10(18-9)8-20-13-5-3-4-12(16)14(13)15(17)21/h3-7H,8H2,1-2H3,(H2,17,21). The summed E-state index contributed by atoms with van der Waals surface area (Å²) in [6.45, 7) is 2.02. The van der Waals surface area contributed by atoms with Crippen LogP contribution in [-0.4, -0.2) is 17.1 Å². The van der Waals surface area contributed by atoms with E-state index >= 15 is 0 Å². The predicted molar refractivity (Wildman–Crippen MR) is 82.1 cm³/mol. The zero-order valence-electron chi connectivity index (χ0n) is 11.7. The van der Waals surface area contributed by atoms with Gasteiger partial charge in [0.1, 0.15) is 28.9 Å². The number of benzene rings is 1. The number of ether oxygens (including phenoxy) is 2. The fraction of sp³-hybridized carbons (Fsp3) is 0.200. The summed E-state index contributed by atoms with van der Waals surface area (Å²) in [6, 6.07) is 8.01. The van der Waals surface area contributed by atoms with E-state index in [1.807, 2.05) is 13.0 Å². The van der Waals surface area contributed by atoms with Crippen LogP contribution in [0.5, 0.6) is 11.5 Å². The van der Waals surface area contributed by atoms with Gasteiger partial charge in [-0.1, -0.05) is 18.3 Å². The third kappa shape index (κ3) is 3.66. The molecule has 0 spiro atoms. The second kappa shape index (κ2) is 6.49. The van der Waals surface area contributed by atoms with Gasteiger partial charge in [0, 0.05) is 17.8 Å². The van der Waals surface area contributed by atoms with Crippen LogP contribution in [0, 0.1) is 12.7 Å². The van der Waals surface area contributed by atoms with Crippen LogP contribution in [-0.2, 0) is 6.61 Å². The van der Waals surface area contributed by atoms with E-state index in [0.717, 1.165) is 5.69 Å². The van der Waals surface area contributed by atoms with Crippen LogP contribution in [0.1, 0.15) is 17.0 Å². The summed E-state index contributed by atoms with van der Waals surface area (Å²) in [5, 5.41) is 0. The Labute approximate surface area is 127 Å². The first kappa shape index (κ1) is 15.2. The second-order valence-corrected chi connectivity index (χ2v) is 4.85. The van der Waals surface area contributed by atoms with Crippen LogP contribution in [0.4, 0.5) is 4.39 Å². The Morgan fingerprint density at radius 3 is 2.81 bits per heavy atom. The minimum absolute atomic E-state index is 0.0436. The van der Waals surface area contributed by atoms with Crippen molar-refractivity contribution in [2.75, 3.05) is 7.11 Å². The molecule has 1 aromatic heterocycles. The van der Waals surface area contributed by atoms with Crippen LogP contribution in [0.3, 0.4) is 0 Å². The molecule has 0 amide bonds. The SMILES string of the molecule is COc1cc(C)nc(COc2cccc(F)c2C(N)=S)c1. The van der Waals surface area contributed by atoms with Gasteiger partial charge in [0.15, 0.2) is 0 Å². The molecule has 0 aliphatic rings. The number of methoxy groups -OCH3 is 1. The van der Waals surface area contributed by atoms with E-state index in [0.29, 0.717) is 17.2 Å². The highest BCUT2D eigenvalue weighted by molar-refractivity contribution is 7.80. The molecule has 0 radical (unpaired) electrons. The predicted octanol–water partition coefficient (Wildman–Crippen LogP) is 2.75. The summed E-state index contributed by atoms with van der Waals surface area (Å²) in [6.07, 6.45) is 0. The summed E-state index contributed by atoms with van der Waals surface area (Å²) in [4.78, 5) is 4.29. The van der Waals surface area contributed by atoms with E-state index in [1.54, 1.807) is 19.2 Å². The lowest BCUT2D eigenvalue weighted by atomic mass is 10.2. The Bertz CT molecular complexity index is 677. The molecule has 2 aromatic rings. The Balaban J connectivity index is 2.23. The number of nitrogens with two attached hydrogens (primary N) is 1. The van der Waals surface area contributed by atoms with Gasteiger partial charge in [0.25, 0.3) is 0 Å². The maximum absolute atomic E-state index is 13.7. The smallest absolute Gasteiger partial charge is 0.137 e. The molecule has 0 saturated heterocycles. The van der Waals surface area contributed by atoms with Crippen LogP contribution < -0.4 is 15.2 Å². The molecule has 6 heteroatoms. The topological polar surface area (TPSA) is 57.4 Å². The number of thiocarbonyl (C=S) groups is 1. The van der Waals surface area contributed by atoms with Gasteiger partial charge in [-0.05, 0) is 19.1 Å². The number of nitrogens with zero attached hydrogens (tertiary/aromatic N) is 1. The van der Waals surface area contributed by atoms with E-state index < -0.39 is 5.82 Å². The zero-order valence-corrected chi connectivity index (χ0v) is 12.5. The van der Waals surface area contributed by atoms with Gasteiger partial charge in [-0.25, -0.2) is 4.39 Å². The molecule has 0 aliphatic heterocycles. The van der Waals surface area contributed by atoms with E-state index in [1.165, 1.54) is 12.1 Å². The van der Waals surface area contributed by atoms with Crippen molar-refractivity contribution in [3.8, 4) is 11.5 Å². The van der Waals surface area contributed by atoms with Crippen molar-refractivity contribution in [1.29, 1.82) is 0 Å². The number of aromatic nitrogens is 1. The molecule has 1 aromatic carbocycles. The van der Waals surface area contributed by atoms with Crippen molar-refractivity contribution < 1.29 is 13.9 Å². The molecule has 110 valence electrons. The molecule has 0 fully saturated rings. The highest BCUT2D eigenvalue weighted by atomic mass is 32.1. The Morgan fingerprint density at radius 1 is 1.38 bits per heavy atom. The minimum Gasteiger partial charge on any atom is -0.497 e. The fourth-order valence-electron chi connectivity index (χ4n) is 1.91. The number of hydrogen-bond acceptors (Lipinski definition) is 4. The molecule has 0 aliphatic carbocycles. The maximum Gasteiger partial charge on any atom is 0.137 e. The number of hydrogen-bond donors (Lipinski definition) is 1. The van der Waals surface area contributed by atoms with Crippen LogP contribution in [0.15, 0.2) is 30.3 Å². The highest BCUT2D eigenvalue weighted by Gasteiger charge is 2.12. The van der Waals surface area contributed by atoms with Crippen molar-refractivity contribution in [2.45, 2.75) is 13.5 Å². The van der Waals surface area contributed by atoms with Crippen LogP contribution >= 0.6 is 12.2 Å². The van der Waals surface area contributed by atoms with Crippen LogP contribution in [0.25, 0.3) is 0 Å². The average molecular weight is 306 g/mol. The van der Waals surface area contributed by atoms with Gasteiger partial charge in [-0.2, -0.15) is 0 Å². The van der Waals surface area contributed by atoms with Crippen molar-refractivity contribution in [3.63, 3.8) is 0 Å². The van der Waals surface area contributed by atoms with Crippen molar-refractivity contribution >= 4 is 17.2 Å². The van der Waals surface area contributed by atoms with Crippen molar-refractivity contribution in [1.82, 2.24) is 4.98 Å². The Kier molecular flexibility index (Phi) is 4.70. The molecule has 1 heterocycles. The summed E-state index contributed by atoms with van der Waals surface area (Å²) in [5.74, 6) is 0.481. The molecule has 2 N–H and O–H groups in total. The Hall–Kier alpha value is -2.21. The van der Waals surface area contributed by atoms with Crippen molar-refractivity contribution in [3.05, 3.63) is 53.1 Å². The monoisotopic (exact) mass is 306 g/mol.